The second-order valence-corrected chi connectivity index (χ2v) is 6.40. The number of likely N-dealkylation sites (N-methyl/N-ethyl adjacent to an activating group) is 1. The van der Waals surface area contributed by atoms with Crippen LogP contribution in [0.15, 0.2) is 35.1 Å². The molecule has 2 aromatic rings. The number of alkyl halides is 1. The number of anilines is 1. The minimum atomic E-state index is -0.899. The fraction of sp³-hybridized carbons (Fsp3) is 0.471. The topological polar surface area (TPSA) is 74.5 Å². The monoisotopic (exact) mass is 347 g/mol. The number of carbonyl (C=O) groups excluding carboxylic acids is 1. The van der Waals surface area contributed by atoms with E-state index in [-0.39, 0.29) is 12.1 Å². The van der Waals surface area contributed by atoms with Gasteiger partial charge in [0.05, 0.1) is 24.1 Å². The van der Waals surface area contributed by atoms with Crippen LogP contribution in [0.4, 0.5) is 14.9 Å². The molecule has 1 fully saturated rings. The third-order valence-electron chi connectivity index (χ3n) is 4.26. The van der Waals surface area contributed by atoms with Crippen LogP contribution in [0.3, 0.4) is 0 Å². The maximum absolute atomic E-state index is 13.9. The summed E-state index contributed by atoms with van der Waals surface area (Å²) in [6.07, 6.45) is 2.72. The van der Waals surface area contributed by atoms with E-state index in [2.05, 4.69) is 15.5 Å². The van der Waals surface area contributed by atoms with Gasteiger partial charge in [0.25, 0.3) is 0 Å². The van der Waals surface area contributed by atoms with Crippen LogP contribution in [0.5, 0.6) is 0 Å². The molecule has 3 heterocycles. The summed E-state index contributed by atoms with van der Waals surface area (Å²) in [6.45, 7) is 3.11. The summed E-state index contributed by atoms with van der Waals surface area (Å²) in [4.78, 5) is 19.8. The van der Waals surface area contributed by atoms with E-state index < -0.39 is 6.17 Å². The molecule has 1 N–H and O–H groups in total. The van der Waals surface area contributed by atoms with E-state index in [1.807, 2.05) is 17.9 Å². The first-order chi connectivity index (χ1) is 12.0. The molecular formula is C17H22FN5O2. The molecule has 1 saturated heterocycles. The van der Waals surface area contributed by atoms with Gasteiger partial charge in [-0.1, -0.05) is 5.16 Å². The van der Waals surface area contributed by atoms with Gasteiger partial charge in [-0.2, -0.15) is 0 Å². The van der Waals surface area contributed by atoms with Crippen molar-refractivity contribution in [1.29, 1.82) is 0 Å². The number of rotatable bonds is 5. The highest BCUT2D eigenvalue weighted by atomic mass is 19.1. The first kappa shape index (κ1) is 17.3. The van der Waals surface area contributed by atoms with Crippen molar-refractivity contribution in [3.8, 4) is 0 Å². The molecule has 0 saturated carbocycles. The maximum Gasteiger partial charge on any atom is 0.321 e. The predicted octanol–water partition coefficient (Wildman–Crippen LogP) is 2.45. The van der Waals surface area contributed by atoms with Crippen molar-refractivity contribution < 1.29 is 13.7 Å². The van der Waals surface area contributed by atoms with Crippen molar-refractivity contribution in [3.05, 3.63) is 42.0 Å². The fourth-order valence-electron chi connectivity index (χ4n) is 3.05. The van der Waals surface area contributed by atoms with Crippen LogP contribution >= 0.6 is 0 Å². The third kappa shape index (κ3) is 4.54. The minimum Gasteiger partial charge on any atom is -0.360 e. The molecule has 3 rings (SSSR count). The van der Waals surface area contributed by atoms with Gasteiger partial charge in [0, 0.05) is 38.4 Å². The van der Waals surface area contributed by atoms with Gasteiger partial charge < -0.3 is 14.7 Å². The number of hydrogen-bond acceptors (Lipinski definition) is 5. The van der Waals surface area contributed by atoms with Crippen LogP contribution in [-0.4, -0.2) is 58.3 Å². The van der Waals surface area contributed by atoms with E-state index in [0.29, 0.717) is 37.5 Å². The van der Waals surface area contributed by atoms with Crippen molar-refractivity contribution in [2.24, 2.45) is 0 Å². The molecule has 25 heavy (non-hydrogen) atoms. The molecule has 134 valence electrons. The Morgan fingerprint density at radius 1 is 1.56 bits per heavy atom. The molecule has 2 aromatic heterocycles. The van der Waals surface area contributed by atoms with Crippen molar-refractivity contribution in [2.75, 3.05) is 25.5 Å². The van der Waals surface area contributed by atoms with Crippen LogP contribution in [0.25, 0.3) is 0 Å². The lowest BCUT2D eigenvalue weighted by Gasteiger charge is -2.27. The van der Waals surface area contributed by atoms with Crippen LogP contribution in [-0.2, 0) is 6.54 Å². The molecule has 0 aromatic carbocycles. The van der Waals surface area contributed by atoms with Gasteiger partial charge in [-0.05, 0) is 25.5 Å². The lowest BCUT2D eigenvalue weighted by molar-refractivity contribution is 0.171. The zero-order valence-electron chi connectivity index (χ0n) is 14.4. The summed E-state index contributed by atoms with van der Waals surface area (Å²) in [5.41, 5.74) is 1.43. The molecule has 0 radical (unpaired) electrons. The van der Waals surface area contributed by atoms with Gasteiger partial charge in [0.2, 0.25) is 0 Å². The SMILES string of the molecule is Cc1cc(CN2C[C@@H](F)C[C@H]2CN(C)C(=O)Nc2cccnc2)on1. The standard InChI is InChI=1S/C17H22FN5O2/c1-12-6-16(25-21-12)11-23-9-13(18)7-15(23)10-22(2)17(24)20-14-4-3-5-19-8-14/h3-6,8,13,15H,7,9-11H2,1-2H3,(H,20,24)/t13-,15-/m0/s1. The zero-order chi connectivity index (χ0) is 17.8. The summed E-state index contributed by atoms with van der Waals surface area (Å²) >= 11 is 0. The minimum absolute atomic E-state index is 0.0648. The molecule has 2 amide bonds. The van der Waals surface area contributed by atoms with Gasteiger partial charge in [-0.25, -0.2) is 9.18 Å². The molecule has 2 atom stereocenters. The predicted molar refractivity (Wildman–Crippen MR) is 90.8 cm³/mol. The molecular weight excluding hydrogens is 325 g/mol. The molecule has 0 spiro atoms. The molecule has 0 aliphatic carbocycles. The summed E-state index contributed by atoms with van der Waals surface area (Å²) < 4.78 is 19.1. The van der Waals surface area contributed by atoms with Crippen LogP contribution in [0.1, 0.15) is 17.9 Å². The van der Waals surface area contributed by atoms with Crippen LogP contribution in [0, 0.1) is 6.92 Å². The summed E-state index contributed by atoms with van der Waals surface area (Å²) in [5.74, 6) is 0.707. The number of hydrogen-bond donors (Lipinski definition) is 1. The summed E-state index contributed by atoms with van der Waals surface area (Å²) in [7, 11) is 1.70. The highest BCUT2D eigenvalue weighted by Crippen LogP contribution is 2.23. The number of aryl methyl sites for hydroxylation is 1. The van der Waals surface area contributed by atoms with E-state index in [1.165, 1.54) is 0 Å². The molecule has 0 unspecified atom stereocenters. The lowest BCUT2D eigenvalue weighted by atomic mass is 10.2. The van der Waals surface area contributed by atoms with Crippen molar-refractivity contribution in [1.82, 2.24) is 19.9 Å². The number of carbonyl (C=O) groups is 1. The number of halogens is 1. The van der Waals surface area contributed by atoms with E-state index >= 15 is 0 Å². The largest absolute Gasteiger partial charge is 0.360 e. The van der Waals surface area contributed by atoms with Crippen molar-refractivity contribution in [3.63, 3.8) is 0 Å². The van der Waals surface area contributed by atoms with Gasteiger partial charge >= 0.3 is 6.03 Å². The molecule has 1 aliphatic rings. The van der Waals surface area contributed by atoms with Crippen LogP contribution < -0.4 is 5.32 Å². The molecule has 7 nitrogen and oxygen atoms in total. The Morgan fingerprint density at radius 3 is 3.08 bits per heavy atom. The average Bonchev–Trinajstić information content (AvgIpc) is 3.14. The number of nitrogens with zero attached hydrogens (tertiary/aromatic N) is 4. The van der Waals surface area contributed by atoms with Gasteiger partial charge in [0.1, 0.15) is 6.17 Å². The number of pyridine rings is 1. The Balaban J connectivity index is 1.58. The molecule has 8 heteroatoms. The smallest absolute Gasteiger partial charge is 0.321 e. The Labute approximate surface area is 145 Å². The molecule has 1 aliphatic heterocycles. The number of amides is 2. The van der Waals surface area contributed by atoms with Crippen LogP contribution in [0.2, 0.25) is 0 Å². The number of likely N-dealkylation sites (tertiary alicyclic amines) is 1. The lowest BCUT2D eigenvalue weighted by Crippen LogP contribution is -2.42. The molecule has 0 bridgehead atoms. The Morgan fingerprint density at radius 2 is 2.40 bits per heavy atom. The average molecular weight is 347 g/mol. The van der Waals surface area contributed by atoms with E-state index in [9.17, 15) is 9.18 Å². The normalized spacial score (nSPS) is 20.6. The fourth-order valence-corrected chi connectivity index (χ4v) is 3.05. The first-order valence-corrected chi connectivity index (χ1v) is 8.23. The number of urea groups is 1. The Bertz CT molecular complexity index is 708. The Hall–Kier alpha value is -2.48. The number of aromatic nitrogens is 2. The van der Waals surface area contributed by atoms with Gasteiger partial charge in [-0.15, -0.1) is 0 Å². The Kier molecular flexibility index (Phi) is 5.28. The third-order valence-corrected chi connectivity index (χ3v) is 4.26. The van der Waals surface area contributed by atoms with Crippen molar-refractivity contribution in [2.45, 2.75) is 32.1 Å². The highest BCUT2D eigenvalue weighted by molar-refractivity contribution is 5.88. The van der Waals surface area contributed by atoms with E-state index in [4.69, 9.17) is 4.52 Å². The van der Waals surface area contributed by atoms with E-state index in [0.717, 1.165) is 5.69 Å². The number of nitrogens with one attached hydrogen (secondary N) is 1. The maximum atomic E-state index is 13.9. The van der Waals surface area contributed by atoms with Crippen molar-refractivity contribution >= 4 is 11.7 Å². The second-order valence-electron chi connectivity index (χ2n) is 6.40. The highest BCUT2D eigenvalue weighted by Gasteiger charge is 2.34. The second kappa shape index (κ2) is 7.60. The quantitative estimate of drug-likeness (QED) is 0.899. The van der Waals surface area contributed by atoms with Gasteiger partial charge in [-0.3, -0.25) is 9.88 Å². The van der Waals surface area contributed by atoms with Gasteiger partial charge in [0.15, 0.2) is 5.76 Å². The summed E-state index contributed by atoms with van der Waals surface area (Å²) in [5, 5.41) is 6.64. The zero-order valence-corrected chi connectivity index (χ0v) is 14.4. The van der Waals surface area contributed by atoms with E-state index in [1.54, 1.807) is 36.5 Å². The summed E-state index contributed by atoms with van der Waals surface area (Å²) in [6, 6.07) is 5.06. The first-order valence-electron chi connectivity index (χ1n) is 8.23.